The fourth-order valence-electron chi connectivity index (χ4n) is 2.75. The van der Waals surface area contributed by atoms with E-state index in [1.807, 2.05) is 18.2 Å². The second-order valence-corrected chi connectivity index (χ2v) is 5.30. The Labute approximate surface area is 126 Å². The van der Waals surface area contributed by atoms with Crippen molar-refractivity contribution >= 4 is 5.97 Å². The van der Waals surface area contributed by atoms with E-state index < -0.39 is 0 Å². The Morgan fingerprint density at radius 2 is 2.05 bits per heavy atom. The first-order valence-electron chi connectivity index (χ1n) is 7.28. The van der Waals surface area contributed by atoms with Gasteiger partial charge >= 0.3 is 5.97 Å². The molecule has 0 unspecified atom stereocenters. The maximum Gasteiger partial charge on any atom is 0.333 e. The molecule has 1 aromatic carbocycles. The number of ether oxygens (including phenoxy) is 2. The highest BCUT2D eigenvalue weighted by Gasteiger charge is 2.25. The number of benzene rings is 1. The van der Waals surface area contributed by atoms with E-state index in [2.05, 4.69) is 17.0 Å². The average molecular weight is 289 g/mol. The molecule has 1 aromatic rings. The van der Waals surface area contributed by atoms with Gasteiger partial charge in [0.1, 0.15) is 5.75 Å². The van der Waals surface area contributed by atoms with Gasteiger partial charge < -0.3 is 9.47 Å². The monoisotopic (exact) mass is 289 g/mol. The van der Waals surface area contributed by atoms with Crippen molar-refractivity contribution in [2.45, 2.75) is 25.8 Å². The van der Waals surface area contributed by atoms with Gasteiger partial charge in [-0.25, -0.2) is 4.79 Å². The summed E-state index contributed by atoms with van der Waals surface area (Å²) in [6.07, 6.45) is 4.28. The molecular weight excluding hydrogens is 266 g/mol. The van der Waals surface area contributed by atoms with Gasteiger partial charge in [-0.3, -0.25) is 4.90 Å². The smallest absolute Gasteiger partial charge is 0.333 e. The third kappa shape index (κ3) is 3.85. The summed E-state index contributed by atoms with van der Waals surface area (Å²) in [6.45, 7) is 3.63. The maximum absolute atomic E-state index is 11.4. The number of esters is 1. The number of carbonyl (C=O) groups is 1. The molecule has 1 saturated heterocycles. The molecule has 0 amide bonds. The molecule has 114 valence electrons. The topological polar surface area (TPSA) is 38.8 Å². The van der Waals surface area contributed by atoms with E-state index in [-0.39, 0.29) is 5.97 Å². The highest BCUT2D eigenvalue weighted by atomic mass is 16.5. The zero-order valence-corrected chi connectivity index (χ0v) is 13.0. The molecule has 0 radical (unpaired) electrons. The van der Waals surface area contributed by atoms with Crippen molar-refractivity contribution in [3.63, 3.8) is 0 Å². The molecule has 0 aromatic heterocycles. The first-order valence-corrected chi connectivity index (χ1v) is 7.28. The summed E-state index contributed by atoms with van der Waals surface area (Å²) < 4.78 is 9.93. The van der Waals surface area contributed by atoms with Gasteiger partial charge in [-0.2, -0.15) is 0 Å². The molecule has 0 spiro atoms. The lowest BCUT2D eigenvalue weighted by molar-refractivity contribution is -0.136. The van der Waals surface area contributed by atoms with E-state index in [0.717, 1.165) is 25.3 Å². The van der Waals surface area contributed by atoms with Gasteiger partial charge in [0.05, 0.1) is 14.2 Å². The normalized spacial score (nSPS) is 19.6. The molecular formula is C17H23NO3. The van der Waals surface area contributed by atoms with Gasteiger partial charge in [-0.15, -0.1) is 0 Å². The van der Waals surface area contributed by atoms with Crippen molar-refractivity contribution in [2.24, 2.45) is 0 Å². The summed E-state index contributed by atoms with van der Waals surface area (Å²) in [4.78, 5) is 13.8. The molecule has 1 aliphatic rings. The second-order valence-electron chi connectivity index (χ2n) is 5.30. The molecule has 1 atom stereocenters. The SMILES string of the molecule is COC(=O)/C(C)=C\CN1CCC[C@@H]1c1ccc(OC)cc1. The molecule has 4 nitrogen and oxygen atoms in total. The number of rotatable bonds is 5. The van der Waals surface area contributed by atoms with Crippen LogP contribution in [0.5, 0.6) is 5.75 Å². The molecule has 0 saturated carbocycles. The van der Waals surface area contributed by atoms with Crippen LogP contribution in [0.15, 0.2) is 35.9 Å². The Morgan fingerprint density at radius 3 is 2.67 bits per heavy atom. The third-order valence-electron chi connectivity index (χ3n) is 4.00. The van der Waals surface area contributed by atoms with Crippen molar-refractivity contribution in [3.05, 3.63) is 41.5 Å². The van der Waals surface area contributed by atoms with Crippen LogP contribution in [0.2, 0.25) is 0 Å². The Morgan fingerprint density at radius 1 is 1.33 bits per heavy atom. The minimum absolute atomic E-state index is 0.254. The highest BCUT2D eigenvalue weighted by Crippen LogP contribution is 2.32. The first-order chi connectivity index (χ1) is 10.2. The number of carbonyl (C=O) groups excluding carboxylic acids is 1. The summed E-state index contributed by atoms with van der Waals surface area (Å²) in [5, 5.41) is 0. The average Bonchev–Trinajstić information content (AvgIpc) is 3.00. The lowest BCUT2D eigenvalue weighted by Crippen LogP contribution is -2.24. The fourth-order valence-corrected chi connectivity index (χ4v) is 2.75. The Hall–Kier alpha value is -1.81. The number of nitrogens with zero attached hydrogens (tertiary/aromatic N) is 1. The van der Waals surface area contributed by atoms with E-state index in [0.29, 0.717) is 11.6 Å². The molecule has 4 heteroatoms. The number of hydrogen-bond acceptors (Lipinski definition) is 4. The molecule has 2 rings (SSSR count). The largest absolute Gasteiger partial charge is 0.497 e. The summed E-state index contributed by atoms with van der Waals surface area (Å²) in [6, 6.07) is 8.66. The van der Waals surface area contributed by atoms with Crippen LogP contribution in [0.3, 0.4) is 0 Å². The molecule has 0 bridgehead atoms. The third-order valence-corrected chi connectivity index (χ3v) is 4.00. The molecule has 0 aliphatic carbocycles. The lowest BCUT2D eigenvalue weighted by Gasteiger charge is -2.23. The van der Waals surface area contributed by atoms with Crippen LogP contribution < -0.4 is 4.74 Å². The van der Waals surface area contributed by atoms with Gasteiger partial charge in [0.25, 0.3) is 0 Å². The van der Waals surface area contributed by atoms with Crippen LogP contribution in [0, 0.1) is 0 Å². The molecule has 1 heterocycles. The summed E-state index contributed by atoms with van der Waals surface area (Å²) in [5.74, 6) is 0.625. The predicted molar refractivity (Wildman–Crippen MR) is 82.3 cm³/mol. The summed E-state index contributed by atoms with van der Waals surface area (Å²) in [5.41, 5.74) is 1.97. The minimum Gasteiger partial charge on any atom is -0.497 e. The van der Waals surface area contributed by atoms with Gasteiger partial charge in [-0.1, -0.05) is 18.2 Å². The lowest BCUT2D eigenvalue weighted by atomic mass is 10.0. The Bertz CT molecular complexity index is 507. The predicted octanol–water partition coefficient (Wildman–Crippen LogP) is 2.95. The van der Waals surface area contributed by atoms with Crippen molar-refractivity contribution in [1.29, 1.82) is 0 Å². The van der Waals surface area contributed by atoms with Crippen LogP contribution in [0.25, 0.3) is 0 Å². The van der Waals surface area contributed by atoms with Crippen LogP contribution >= 0.6 is 0 Å². The first kappa shape index (κ1) is 15.6. The van der Waals surface area contributed by atoms with Gasteiger partial charge in [0.2, 0.25) is 0 Å². The Balaban J connectivity index is 2.04. The van der Waals surface area contributed by atoms with E-state index in [1.165, 1.54) is 19.1 Å². The Kier molecular flexibility index (Phi) is 5.39. The van der Waals surface area contributed by atoms with Crippen molar-refractivity contribution in [3.8, 4) is 5.75 Å². The highest BCUT2D eigenvalue weighted by molar-refractivity contribution is 5.87. The van der Waals surface area contributed by atoms with Crippen LogP contribution in [0.1, 0.15) is 31.4 Å². The fraction of sp³-hybridized carbons (Fsp3) is 0.471. The second kappa shape index (κ2) is 7.27. The quantitative estimate of drug-likeness (QED) is 0.617. The molecule has 0 N–H and O–H groups in total. The van der Waals surface area contributed by atoms with Crippen LogP contribution in [0.4, 0.5) is 0 Å². The zero-order valence-electron chi connectivity index (χ0n) is 13.0. The van der Waals surface area contributed by atoms with Crippen molar-refractivity contribution in [2.75, 3.05) is 27.3 Å². The van der Waals surface area contributed by atoms with Gasteiger partial charge in [-0.05, 0) is 44.0 Å². The van der Waals surface area contributed by atoms with Gasteiger partial charge in [0, 0.05) is 18.2 Å². The van der Waals surface area contributed by atoms with E-state index in [9.17, 15) is 4.79 Å². The van der Waals surface area contributed by atoms with E-state index in [4.69, 9.17) is 9.47 Å². The van der Waals surface area contributed by atoms with E-state index >= 15 is 0 Å². The number of methoxy groups -OCH3 is 2. The molecule has 1 fully saturated rings. The van der Waals surface area contributed by atoms with E-state index in [1.54, 1.807) is 14.0 Å². The molecule has 1 aliphatic heterocycles. The summed E-state index contributed by atoms with van der Waals surface area (Å²) >= 11 is 0. The summed E-state index contributed by atoms with van der Waals surface area (Å²) in [7, 11) is 3.09. The van der Waals surface area contributed by atoms with Crippen molar-refractivity contribution in [1.82, 2.24) is 4.90 Å². The standard InChI is InChI=1S/C17H23NO3/c1-13(17(19)21-3)10-12-18-11-4-5-16(18)14-6-8-15(20-2)9-7-14/h6-10,16H,4-5,11-12H2,1-3H3/b13-10-/t16-/m1/s1. The van der Waals surface area contributed by atoms with Crippen LogP contribution in [-0.4, -0.2) is 38.2 Å². The van der Waals surface area contributed by atoms with Gasteiger partial charge in [0.15, 0.2) is 0 Å². The van der Waals surface area contributed by atoms with Crippen molar-refractivity contribution < 1.29 is 14.3 Å². The minimum atomic E-state index is -0.254. The molecule has 21 heavy (non-hydrogen) atoms. The zero-order chi connectivity index (χ0) is 15.2. The number of hydrogen-bond donors (Lipinski definition) is 0. The number of likely N-dealkylation sites (tertiary alicyclic amines) is 1. The van der Waals surface area contributed by atoms with Crippen LogP contribution in [-0.2, 0) is 9.53 Å². The maximum atomic E-state index is 11.4.